The highest BCUT2D eigenvalue weighted by Crippen LogP contribution is 2.33. The summed E-state index contributed by atoms with van der Waals surface area (Å²) in [7, 11) is 0. The molecular weight excluding hydrogens is 198 g/mol. The van der Waals surface area contributed by atoms with E-state index in [4.69, 9.17) is 17.3 Å². The van der Waals surface area contributed by atoms with Crippen molar-refractivity contribution >= 4 is 23.1 Å². The van der Waals surface area contributed by atoms with Crippen LogP contribution in [0.15, 0.2) is 18.2 Å². The number of carbonyl (C=O) groups is 1. The predicted molar refractivity (Wildman–Crippen MR) is 57.5 cm³/mol. The molecule has 0 aliphatic heterocycles. The van der Waals surface area contributed by atoms with Gasteiger partial charge in [-0.25, -0.2) is 0 Å². The van der Waals surface area contributed by atoms with Gasteiger partial charge in [0.1, 0.15) is 0 Å². The molecule has 1 aliphatic carbocycles. The van der Waals surface area contributed by atoms with Crippen molar-refractivity contribution in [3.05, 3.63) is 28.8 Å². The van der Waals surface area contributed by atoms with E-state index < -0.39 is 0 Å². The van der Waals surface area contributed by atoms with Gasteiger partial charge in [0.15, 0.2) is 5.78 Å². The van der Waals surface area contributed by atoms with Crippen molar-refractivity contribution in [3.8, 4) is 0 Å². The number of hydrogen-bond acceptors (Lipinski definition) is 2. The summed E-state index contributed by atoms with van der Waals surface area (Å²) in [6.07, 6.45) is 3.00. The molecule has 0 unspecified atom stereocenters. The first-order chi connectivity index (χ1) is 6.65. The van der Waals surface area contributed by atoms with Gasteiger partial charge in [-0.1, -0.05) is 11.6 Å². The summed E-state index contributed by atoms with van der Waals surface area (Å²) in [5, 5.41) is 0.532. The van der Waals surface area contributed by atoms with Crippen LogP contribution in [0, 0.1) is 5.92 Å². The lowest BCUT2D eigenvalue weighted by Crippen LogP contribution is -2.01. The Bertz CT molecular complexity index is 351. The molecule has 1 aromatic rings. The first kappa shape index (κ1) is 9.53. The van der Waals surface area contributed by atoms with Gasteiger partial charge in [-0.15, -0.1) is 0 Å². The number of ketones is 1. The monoisotopic (exact) mass is 209 g/mol. The molecule has 2 N–H and O–H groups in total. The quantitative estimate of drug-likeness (QED) is 0.615. The van der Waals surface area contributed by atoms with Crippen LogP contribution in [-0.4, -0.2) is 5.78 Å². The number of nitrogens with two attached hydrogens (primary N) is 1. The minimum Gasteiger partial charge on any atom is -0.399 e. The van der Waals surface area contributed by atoms with Crippen LogP contribution in [-0.2, 0) is 0 Å². The number of Topliss-reactive ketones (excluding diaryl/α,β-unsaturated/α-hetero) is 1. The summed E-state index contributed by atoms with van der Waals surface area (Å²) < 4.78 is 0. The molecule has 1 fully saturated rings. The van der Waals surface area contributed by atoms with Gasteiger partial charge in [0.2, 0.25) is 0 Å². The average Bonchev–Trinajstić information content (AvgIpc) is 2.86. The Balaban J connectivity index is 2.17. The molecule has 3 heteroatoms. The second kappa shape index (κ2) is 3.62. The molecule has 14 heavy (non-hydrogen) atoms. The third-order valence-corrected chi connectivity index (χ3v) is 2.63. The lowest BCUT2D eigenvalue weighted by atomic mass is 10.1. The first-order valence-electron chi connectivity index (χ1n) is 4.74. The second-order valence-corrected chi connectivity index (χ2v) is 4.28. The van der Waals surface area contributed by atoms with Gasteiger partial charge < -0.3 is 5.73 Å². The van der Waals surface area contributed by atoms with E-state index in [2.05, 4.69) is 0 Å². The molecule has 0 heterocycles. The molecule has 1 aliphatic rings. The number of carbonyl (C=O) groups excluding carboxylic acids is 1. The van der Waals surface area contributed by atoms with Crippen LogP contribution in [0.3, 0.4) is 0 Å². The summed E-state index contributed by atoms with van der Waals surface area (Å²) in [4.78, 5) is 11.7. The smallest absolute Gasteiger partial charge is 0.163 e. The van der Waals surface area contributed by atoms with Gasteiger partial charge in [0.25, 0.3) is 0 Å². The third-order valence-electron chi connectivity index (χ3n) is 2.41. The standard InChI is InChI=1S/C11H12ClNO/c12-9-4-8(5-10(13)6-9)11(14)3-7-1-2-7/h4-7H,1-3,13H2. The van der Waals surface area contributed by atoms with Crippen molar-refractivity contribution in [1.29, 1.82) is 0 Å². The van der Waals surface area contributed by atoms with Crippen LogP contribution in [0.1, 0.15) is 29.6 Å². The van der Waals surface area contributed by atoms with Crippen molar-refractivity contribution in [1.82, 2.24) is 0 Å². The van der Waals surface area contributed by atoms with Crippen LogP contribution < -0.4 is 5.73 Å². The highest BCUT2D eigenvalue weighted by molar-refractivity contribution is 6.31. The van der Waals surface area contributed by atoms with Gasteiger partial charge in [0, 0.05) is 22.7 Å². The van der Waals surface area contributed by atoms with Gasteiger partial charge >= 0.3 is 0 Å². The van der Waals surface area contributed by atoms with Crippen LogP contribution in [0.25, 0.3) is 0 Å². The Labute approximate surface area is 88.1 Å². The molecule has 0 amide bonds. The predicted octanol–water partition coefficient (Wildman–Crippen LogP) is 2.91. The van der Waals surface area contributed by atoms with Crippen molar-refractivity contribution in [3.63, 3.8) is 0 Å². The Morgan fingerprint density at radius 1 is 1.43 bits per heavy atom. The lowest BCUT2D eigenvalue weighted by Gasteiger charge is -2.02. The molecular formula is C11H12ClNO. The first-order valence-corrected chi connectivity index (χ1v) is 5.12. The lowest BCUT2D eigenvalue weighted by molar-refractivity contribution is 0.0976. The largest absolute Gasteiger partial charge is 0.399 e. The van der Waals surface area contributed by atoms with Crippen molar-refractivity contribution in [2.24, 2.45) is 5.92 Å². The Morgan fingerprint density at radius 2 is 2.14 bits per heavy atom. The molecule has 1 aromatic carbocycles. The number of rotatable bonds is 3. The van der Waals surface area contributed by atoms with E-state index in [0.717, 1.165) is 0 Å². The van der Waals surface area contributed by atoms with E-state index >= 15 is 0 Å². The maximum absolute atomic E-state index is 11.7. The molecule has 0 atom stereocenters. The van der Waals surface area contributed by atoms with E-state index in [1.807, 2.05) is 0 Å². The van der Waals surface area contributed by atoms with Crippen molar-refractivity contribution in [2.75, 3.05) is 5.73 Å². The van der Waals surface area contributed by atoms with Crippen LogP contribution >= 0.6 is 11.6 Å². The second-order valence-electron chi connectivity index (χ2n) is 3.84. The van der Waals surface area contributed by atoms with E-state index in [9.17, 15) is 4.79 Å². The van der Waals surface area contributed by atoms with Crippen molar-refractivity contribution < 1.29 is 4.79 Å². The van der Waals surface area contributed by atoms with E-state index in [-0.39, 0.29) is 5.78 Å². The van der Waals surface area contributed by atoms with E-state index in [1.54, 1.807) is 18.2 Å². The summed E-state index contributed by atoms with van der Waals surface area (Å²) in [6.45, 7) is 0. The SMILES string of the molecule is Nc1cc(Cl)cc(C(=O)CC2CC2)c1. The molecule has 0 radical (unpaired) electrons. The number of benzene rings is 1. The zero-order chi connectivity index (χ0) is 10.1. The van der Waals surface area contributed by atoms with Gasteiger partial charge in [-0.3, -0.25) is 4.79 Å². The molecule has 1 saturated carbocycles. The molecule has 0 aromatic heterocycles. The molecule has 2 nitrogen and oxygen atoms in total. The zero-order valence-electron chi connectivity index (χ0n) is 7.79. The Morgan fingerprint density at radius 3 is 2.71 bits per heavy atom. The third kappa shape index (κ3) is 2.26. The van der Waals surface area contributed by atoms with Gasteiger partial charge in [0.05, 0.1) is 0 Å². The average molecular weight is 210 g/mol. The molecule has 0 saturated heterocycles. The summed E-state index contributed by atoms with van der Waals surface area (Å²) in [6, 6.07) is 5.02. The summed E-state index contributed by atoms with van der Waals surface area (Å²) >= 11 is 5.81. The fourth-order valence-electron chi connectivity index (χ4n) is 1.48. The van der Waals surface area contributed by atoms with Gasteiger partial charge in [-0.2, -0.15) is 0 Å². The highest BCUT2D eigenvalue weighted by Gasteiger charge is 2.24. The molecule has 0 bridgehead atoms. The number of nitrogen functional groups attached to an aromatic ring is 1. The molecule has 2 rings (SSSR count). The fraction of sp³-hybridized carbons (Fsp3) is 0.364. The topological polar surface area (TPSA) is 43.1 Å². The highest BCUT2D eigenvalue weighted by atomic mass is 35.5. The normalized spacial score (nSPS) is 15.5. The Hall–Kier alpha value is -1.02. The summed E-state index contributed by atoms with van der Waals surface area (Å²) in [5.41, 5.74) is 6.80. The molecule has 74 valence electrons. The maximum Gasteiger partial charge on any atom is 0.163 e. The van der Waals surface area contributed by atoms with Crippen LogP contribution in [0.4, 0.5) is 5.69 Å². The zero-order valence-corrected chi connectivity index (χ0v) is 8.55. The van der Waals surface area contributed by atoms with Gasteiger partial charge in [-0.05, 0) is 37.0 Å². The fourth-order valence-corrected chi connectivity index (χ4v) is 1.72. The maximum atomic E-state index is 11.7. The number of halogens is 1. The van der Waals surface area contributed by atoms with E-state index in [0.29, 0.717) is 28.6 Å². The van der Waals surface area contributed by atoms with Crippen molar-refractivity contribution in [2.45, 2.75) is 19.3 Å². The summed E-state index contributed by atoms with van der Waals surface area (Å²) in [5.74, 6) is 0.754. The minimum atomic E-state index is 0.154. The van der Waals surface area contributed by atoms with E-state index in [1.165, 1.54) is 12.8 Å². The number of hydrogen-bond donors (Lipinski definition) is 1. The Kier molecular flexibility index (Phi) is 2.46. The minimum absolute atomic E-state index is 0.154. The molecule has 0 spiro atoms. The number of anilines is 1. The van der Waals surface area contributed by atoms with Crippen LogP contribution in [0.5, 0.6) is 0 Å². The van der Waals surface area contributed by atoms with Crippen LogP contribution in [0.2, 0.25) is 5.02 Å².